The zero-order chi connectivity index (χ0) is 15.6. The lowest BCUT2D eigenvalue weighted by Crippen LogP contribution is -2.43. The maximum Gasteiger partial charge on any atom is 0.0897 e. The van der Waals surface area contributed by atoms with E-state index in [1.54, 1.807) is 0 Å². The summed E-state index contributed by atoms with van der Waals surface area (Å²) in [6.45, 7) is 6.58. The lowest BCUT2D eigenvalue weighted by molar-refractivity contribution is 0.0116. The van der Waals surface area contributed by atoms with Crippen LogP contribution in [0.1, 0.15) is 65.2 Å². The predicted octanol–water partition coefficient (Wildman–Crippen LogP) is 2.47. The molecule has 0 radical (unpaired) electrons. The molecule has 0 heterocycles. The van der Waals surface area contributed by atoms with Crippen LogP contribution in [0.15, 0.2) is 0 Å². The Morgan fingerprint density at radius 1 is 1.14 bits per heavy atom. The summed E-state index contributed by atoms with van der Waals surface area (Å²) < 4.78 is 5.48. The first-order valence-electron chi connectivity index (χ1n) is 8.71. The summed E-state index contributed by atoms with van der Waals surface area (Å²) in [7, 11) is 0. The van der Waals surface area contributed by atoms with Crippen LogP contribution in [0, 0.1) is 5.92 Å². The monoisotopic (exact) mass is 301 g/mol. The molecule has 1 atom stereocenters. The number of aliphatic hydroxyl groups is 2. The zero-order valence-electron chi connectivity index (χ0n) is 13.9. The Bertz CT molecular complexity index is 250. The van der Waals surface area contributed by atoms with Crippen LogP contribution >= 0.6 is 0 Å². The molecule has 3 N–H and O–H groups in total. The van der Waals surface area contributed by atoms with E-state index in [-0.39, 0.29) is 0 Å². The first-order chi connectivity index (χ1) is 10.0. The highest BCUT2D eigenvalue weighted by Gasteiger charge is 2.27. The third-order valence-corrected chi connectivity index (χ3v) is 4.25. The van der Waals surface area contributed by atoms with Crippen LogP contribution in [0.3, 0.4) is 0 Å². The molecule has 1 unspecified atom stereocenters. The van der Waals surface area contributed by atoms with Crippen molar-refractivity contribution < 1.29 is 14.9 Å². The van der Waals surface area contributed by atoms with E-state index in [1.807, 2.05) is 0 Å². The second kappa shape index (κ2) is 10.5. The molecular formula is C17H35NO3. The highest BCUT2D eigenvalue weighted by molar-refractivity contribution is 4.83. The van der Waals surface area contributed by atoms with Crippen LogP contribution in [-0.2, 0) is 4.74 Å². The molecule has 0 aromatic heterocycles. The van der Waals surface area contributed by atoms with Gasteiger partial charge in [-0.25, -0.2) is 0 Å². The van der Waals surface area contributed by atoms with Gasteiger partial charge in [0.05, 0.1) is 18.3 Å². The second-order valence-corrected chi connectivity index (χ2v) is 7.03. The molecule has 0 aromatic rings. The van der Waals surface area contributed by atoms with E-state index in [0.717, 1.165) is 38.7 Å². The van der Waals surface area contributed by atoms with Crippen molar-refractivity contribution in [2.45, 2.75) is 76.9 Å². The van der Waals surface area contributed by atoms with Crippen molar-refractivity contribution in [2.75, 3.05) is 26.3 Å². The summed E-state index contributed by atoms with van der Waals surface area (Å²) in [5.41, 5.74) is -0.575. The average Bonchev–Trinajstić information content (AvgIpc) is 2.63. The fraction of sp³-hybridized carbons (Fsp3) is 1.00. The van der Waals surface area contributed by atoms with Crippen LogP contribution in [0.25, 0.3) is 0 Å². The highest BCUT2D eigenvalue weighted by atomic mass is 16.5. The zero-order valence-corrected chi connectivity index (χ0v) is 13.9. The van der Waals surface area contributed by atoms with E-state index in [0.29, 0.717) is 25.6 Å². The Hall–Kier alpha value is -0.160. The van der Waals surface area contributed by atoms with E-state index >= 15 is 0 Å². The summed E-state index contributed by atoms with van der Waals surface area (Å²) in [5, 5.41) is 23.5. The molecule has 4 heteroatoms. The van der Waals surface area contributed by atoms with Gasteiger partial charge in [-0.3, -0.25) is 0 Å². The molecule has 0 saturated heterocycles. The van der Waals surface area contributed by atoms with Crippen LogP contribution in [0.4, 0.5) is 0 Å². The van der Waals surface area contributed by atoms with Crippen molar-refractivity contribution in [3.8, 4) is 0 Å². The molecule has 0 spiro atoms. The number of ether oxygens (including phenoxy) is 1. The predicted molar refractivity (Wildman–Crippen MR) is 86.4 cm³/mol. The Kier molecular flexibility index (Phi) is 9.49. The van der Waals surface area contributed by atoms with Crippen molar-refractivity contribution in [1.82, 2.24) is 5.32 Å². The summed E-state index contributed by atoms with van der Waals surface area (Å²) in [5.74, 6) is 0.709. The number of aliphatic hydroxyl groups excluding tert-OH is 1. The molecule has 0 aliphatic heterocycles. The standard InChI is InChI=1S/C17H35NO3/c1-15(2)8-7-11-21-13-16(19)12-18-14-17(20)9-5-3-4-6-10-17/h15-16,18-20H,3-14H2,1-2H3. The molecule has 21 heavy (non-hydrogen) atoms. The molecule has 0 bridgehead atoms. The van der Waals surface area contributed by atoms with Gasteiger partial charge in [0.15, 0.2) is 0 Å². The molecule has 1 saturated carbocycles. The van der Waals surface area contributed by atoms with E-state index in [9.17, 15) is 10.2 Å². The summed E-state index contributed by atoms with van der Waals surface area (Å²) in [4.78, 5) is 0. The minimum absolute atomic E-state index is 0.378. The first kappa shape index (κ1) is 18.9. The molecule has 1 fully saturated rings. The maximum absolute atomic E-state index is 10.5. The molecule has 4 nitrogen and oxygen atoms in total. The van der Waals surface area contributed by atoms with Gasteiger partial charge in [-0.15, -0.1) is 0 Å². The van der Waals surface area contributed by atoms with Gasteiger partial charge < -0.3 is 20.3 Å². The van der Waals surface area contributed by atoms with Gasteiger partial charge in [-0.2, -0.15) is 0 Å². The Labute approximate surface area is 130 Å². The SMILES string of the molecule is CC(C)CCCOCC(O)CNCC1(O)CCCCCC1. The topological polar surface area (TPSA) is 61.7 Å². The minimum atomic E-state index is -0.575. The summed E-state index contributed by atoms with van der Waals surface area (Å²) in [6.07, 6.45) is 8.17. The Morgan fingerprint density at radius 3 is 2.43 bits per heavy atom. The first-order valence-corrected chi connectivity index (χ1v) is 8.71. The molecule has 1 aliphatic rings. The highest BCUT2D eigenvalue weighted by Crippen LogP contribution is 2.26. The van der Waals surface area contributed by atoms with Crippen LogP contribution in [0.2, 0.25) is 0 Å². The van der Waals surface area contributed by atoms with Gasteiger partial charge in [-0.05, 0) is 31.6 Å². The fourth-order valence-electron chi connectivity index (χ4n) is 2.91. The molecule has 1 aliphatic carbocycles. The normalized spacial score (nSPS) is 20.4. The van der Waals surface area contributed by atoms with Crippen LogP contribution in [-0.4, -0.2) is 48.2 Å². The van der Waals surface area contributed by atoms with E-state index in [4.69, 9.17) is 4.74 Å². The van der Waals surface area contributed by atoms with E-state index in [2.05, 4.69) is 19.2 Å². The molecule has 126 valence electrons. The molecular weight excluding hydrogens is 266 g/mol. The smallest absolute Gasteiger partial charge is 0.0897 e. The fourth-order valence-corrected chi connectivity index (χ4v) is 2.91. The van der Waals surface area contributed by atoms with Crippen LogP contribution < -0.4 is 5.32 Å². The van der Waals surface area contributed by atoms with Gasteiger partial charge in [0.25, 0.3) is 0 Å². The van der Waals surface area contributed by atoms with E-state index < -0.39 is 11.7 Å². The summed E-state index contributed by atoms with van der Waals surface area (Å²) >= 11 is 0. The maximum atomic E-state index is 10.5. The van der Waals surface area contributed by atoms with Crippen molar-refractivity contribution in [1.29, 1.82) is 0 Å². The van der Waals surface area contributed by atoms with Crippen molar-refractivity contribution in [3.63, 3.8) is 0 Å². The average molecular weight is 301 g/mol. The number of hydrogen-bond acceptors (Lipinski definition) is 4. The number of rotatable bonds is 10. The second-order valence-electron chi connectivity index (χ2n) is 7.03. The summed E-state index contributed by atoms with van der Waals surface area (Å²) in [6, 6.07) is 0. The van der Waals surface area contributed by atoms with Gasteiger partial charge in [0.2, 0.25) is 0 Å². The van der Waals surface area contributed by atoms with Crippen molar-refractivity contribution in [3.05, 3.63) is 0 Å². The van der Waals surface area contributed by atoms with Crippen molar-refractivity contribution in [2.24, 2.45) is 5.92 Å². The minimum Gasteiger partial charge on any atom is -0.389 e. The molecule has 0 amide bonds. The number of hydrogen-bond donors (Lipinski definition) is 3. The lowest BCUT2D eigenvalue weighted by atomic mass is 9.94. The van der Waals surface area contributed by atoms with Gasteiger partial charge in [0, 0.05) is 19.7 Å². The van der Waals surface area contributed by atoms with Crippen LogP contribution in [0.5, 0.6) is 0 Å². The largest absolute Gasteiger partial charge is 0.389 e. The molecule has 0 aromatic carbocycles. The third kappa shape index (κ3) is 9.46. The Balaban J connectivity index is 2.03. The van der Waals surface area contributed by atoms with Gasteiger partial charge in [0.1, 0.15) is 0 Å². The quantitative estimate of drug-likeness (QED) is 0.428. The van der Waals surface area contributed by atoms with Gasteiger partial charge in [-0.1, -0.05) is 39.5 Å². The van der Waals surface area contributed by atoms with E-state index in [1.165, 1.54) is 19.3 Å². The lowest BCUT2D eigenvalue weighted by Gasteiger charge is -2.27. The van der Waals surface area contributed by atoms with Gasteiger partial charge >= 0.3 is 0 Å². The molecule has 1 rings (SSSR count). The van der Waals surface area contributed by atoms with Crippen molar-refractivity contribution >= 4 is 0 Å². The Morgan fingerprint density at radius 2 is 1.81 bits per heavy atom. The number of nitrogens with one attached hydrogen (secondary N) is 1. The third-order valence-electron chi connectivity index (χ3n) is 4.25.